The number of hydrogen-bond acceptors (Lipinski definition) is 13. The fourth-order valence-electron chi connectivity index (χ4n) is 11.0. The zero-order valence-corrected chi connectivity index (χ0v) is 52.8. The van der Waals surface area contributed by atoms with E-state index >= 15 is 0 Å². The van der Waals surface area contributed by atoms with Gasteiger partial charge in [0.05, 0.1) is 51.5 Å². The summed E-state index contributed by atoms with van der Waals surface area (Å²) in [7, 11) is -7.32. The van der Waals surface area contributed by atoms with Gasteiger partial charge < -0.3 is 46.4 Å². The Morgan fingerprint density at radius 2 is 1.35 bits per heavy atom. The molecule has 17 heteroatoms. The first-order valence-electron chi connectivity index (χ1n) is 27.9. The quantitative estimate of drug-likeness (QED) is 0.0208. The molecule has 1 fully saturated rings. The second-order valence-electron chi connectivity index (χ2n) is 21.7. The van der Waals surface area contributed by atoms with Crippen molar-refractivity contribution in [3.63, 3.8) is 0 Å². The average Bonchev–Trinajstić information content (AvgIpc) is 3.38. The molecule has 0 aromatic heterocycles. The van der Waals surface area contributed by atoms with E-state index in [-0.39, 0.29) is 32.0 Å². The smallest absolute Gasteiger partial charge is 0.264 e. The minimum absolute atomic E-state index is 0.0562. The van der Waals surface area contributed by atoms with E-state index < -0.39 is 71.9 Å². The molecule has 0 N–H and O–H groups in total. The summed E-state index contributed by atoms with van der Waals surface area (Å²) in [6.07, 6.45) is 0.906. The van der Waals surface area contributed by atoms with Crippen LogP contribution in [0.2, 0.25) is 52.9 Å². The maximum absolute atomic E-state index is 13.0. The molecule has 1 saturated heterocycles. The van der Waals surface area contributed by atoms with Crippen LogP contribution in [-0.2, 0) is 62.6 Å². The van der Waals surface area contributed by atoms with Gasteiger partial charge in [0, 0.05) is 19.3 Å². The van der Waals surface area contributed by atoms with Gasteiger partial charge in [0.25, 0.3) is 10.1 Å². The van der Waals surface area contributed by atoms with Gasteiger partial charge in [0.15, 0.2) is 31.2 Å². The summed E-state index contributed by atoms with van der Waals surface area (Å²) in [4.78, 5) is 0. The van der Waals surface area contributed by atoms with Crippen LogP contribution in [0.25, 0.3) is 0 Å². The molecular formula is C57H102O13SSi3. The van der Waals surface area contributed by atoms with Crippen LogP contribution < -0.4 is 4.74 Å². The summed E-state index contributed by atoms with van der Waals surface area (Å²) in [5.41, 5.74) is 4.15. The van der Waals surface area contributed by atoms with Crippen molar-refractivity contribution >= 4 is 35.1 Å². The Morgan fingerprint density at radius 3 is 1.88 bits per heavy atom. The number of hydrogen-bond donors (Lipinski definition) is 0. The highest BCUT2D eigenvalue weighted by Gasteiger charge is 2.48. The van der Waals surface area contributed by atoms with Crippen molar-refractivity contribution in [2.75, 3.05) is 53.9 Å². The third-order valence-electron chi connectivity index (χ3n) is 16.1. The SMILES string of the molecule is CC[Si](CC)(CC)O[C@@H](/C=C(\CCC(C[C@H](C)[C@@H](C)CO[Si](C(C)C)(C(C)C)C(C)C)OS(C)(=O)=O)COCOC)[C@@H](OCOCc1ccc(OC)cc1)[C@@H]1O[C@H](c2ccccc2)OC[C@H]1O[Si](CC)(CC)CC. The van der Waals surface area contributed by atoms with Crippen LogP contribution in [0.5, 0.6) is 5.75 Å². The molecule has 3 rings (SSSR count). The lowest BCUT2D eigenvalue weighted by Gasteiger charge is -2.46. The van der Waals surface area contributed by atoms with Crippen LogP contribution in [0.1, 0.15) is 134 Å². The van der Waals surface area contributed by atoms with Gasteiger partial charge in [-0.15, -0.1) is 0 Å². The molecule has 0 aliphatic carbocycles. The summed E-state index contributed by atoms with van der Waals surface area (Å²) < 4.78 is 98.3. The molecule has 0 amide bonds. The first-order chi connectivity index (χ1) is 35.1. The van der Waals surface area contributed by atoms with Crippen molar-refractivity contribution in [2.24, 2.45) is 11.8 Å². The molecule has 1 unspecified atom stereocenters. The van der Waals surface area contributed by atoms with Crippen LogP contribution in [0, 0.1) is 11.8 Å². The lowest BCUT2D eigenvalue weighted by atomic mass is 9.89. The Balaban J connectivity index is 2.21. The Labute approximate surface area is 453 Å². The summed E-state index contributed by atoms with van der Waals surface area (Å²) in [5, 5.41) is 0. The minimum atomic E-state index is -3.80. The minimum Gasteiger partial charge on any atom is -0.497 e. The predicted octanol–water partition coefficient (Wildman–Crippen LogP) is 14.0. The Hall–Kier alpha value is -1.82. The van der Waals surface area contributed by atoms with Crippen molar-refractivity contribution < 1.29 is 59.0 Å². The van der Waals surface area contributed by atoms with Gasteiger partial charge in [0.2, 0.25) is 0 Å². The third-order valence-corrected chi connectivity index (χ3v) is 32.1. The molecule has 8 atom stereocenters. The predicted molar refractivity (Wildman–Crippen MR) is 306 cm³/mol. The van der Waals surface area contributed by atoms with E-state index in [1.807, 2.05) is 54.6 Å². The lowest BCUT2D eigenvalue weighted by Crippen LogP contribution is -2.58. The molecule has 74 heavy (non-hydrogen) atoms. The molecular weight excluding hydrogens is 1010 g/mol. The van der Waals surface area contributed by atoms with Crippen molar-refractivity contribution in [3.8, 4) is 5.75 Å². The van der Waals surface area contributed by atoms with Gasteiger partial charge in [-0.2, -0.15) is 8.42 Å². The zero-order chi connectivity index (χ0) is 55.1. The molecule has 0 saturated carbocycles. The highest BCUT2D eigenvalue weighted by atomic mass is 32.2. The van der Waals surface area contributed by atoms with Crippen LogP contribution in [-0.4, -0.2) is 118 Å². The summed E-state index contributed by atoms with van der Waals surface area (Å²) >= 11 is 0. The molecule has 2 aromatic carbocycles. The standard InChI is InChI=1S/C57H102O13SSi3/c1-18-72(19-2,20-3)69-53(36-49(39-62-41-60-15)31-34-52(68-71(17,58)59)35-46(13)47(14)37-66-74(43(7)8,44(9)10)45(11)12)55(65-42-63-38-48-29-32-51(61-16)33-30-48)56-54(70-73(21-4,22-5)23-6)40-64-57(67-56)50-27-25-24-26-28-50/h24-30,32-33,36,43-47,52-57H,18-23,31,34-35,37-42H2,1-17H3/b49-36+/t46-,47-,52?,53-,54+,55+,56+,57+/m0/s1. The normalized spacial score (nSPS) is 19.5. The van der Waals surface area contributed by atoms with E-state index in [1.54, 1.807) is 14.2 Å². The molecule has 426 valence electrons. The Bertz CT molecular complexity index is 1930. The first-order valence-corrected chi connectivity index (χ1v) is 36.9. The highest BCUT2D eigenvalue weighted by molar-refractivity contribution is 7.86. The molecule has 0 spiro atoms. The Morgan fingerprint density at radius 1 is 0.757 bits per heavy atom. The van der Waals surface area contributed by atoms with E-state index in [0.717, 1.165) is 65.0 Å². The van der Waals surface area contributed by atoms with Gasteiger partial charge in [-0.3, -0.25) is 4.18 Å². The fourth-order valence-corrected chi connectivity index (χ4v) is 22.8. The van der Waals surface area contributed by atoms with Gasteiger partial charge in [-0.25, -0.2) is 0 Å². The monoisotopic (exact) mass is 1110 g/mol. The van der Waals surface area contributed by atoms with Crippen molar-refractivity contribution in [3.05, 3.63) is 77.4 Å². The number of rotatable bonds is 38. The zero-order valence-electron chi connectivity index (χ0n) is 48.9. The van der Waals surface area contributed by atoms with E-state index in [9.17, 15) is 8.42 Å². The van der Waals surface area contributed by atoms with Crippen LogP contribution in [0.15, 0.2) is 66.2 Å². The number of benzene rings is 2. The topological polar surface area (TPSA) is 136 Å². The molecule has 13 nitrogen and oxygen atoms in total. The van der Waals surface area contributed by atoms with Crippen LogP contribution in [0.3, 0.4) is 0 Å². The highest BCUT2D eigenvalue weighted by Crippen LogP contribution is 2.43. The molecule has 0 radical (unpaired) electrons. The van der Waals surface area contributed by atoms with E-state index in [2.05, 4.69) is 103 Å². The van der Waals surface area contributed by atoms with Crippen LogP contribution >= 0.6 is 0 Å². The Kier molecular flexibility index (Phi) is 29.6. The molecule has 1 aliphatic heterocycles. The van der Waals surface area contributed by atoms with Gasteiger partial charge >= 0.3 is 0 Å². The average molecular weight is 1110 g/mol. The maximum atomic E-state index is 13.0. The van der Waals surface area contributed by atoms with Gasteiger partial charge in [-0.05, 0) is 107 Å². The third kappa shape index (κ3) is 20.1. The van der Waals surface area contributed by atoms with Crippen molar-refractivity contribution in [2.45, 2.75) is 212 Å². The molecule has 0 bridgehead atoms. The van der Waals surface area contributed by atoms with Crippen LogP contribution in [0.4, 0.5) is 0 Å². The number of ether oxygens (including phenoxy) is 7. The fraction of sp³-hybridized carbons (Fsp3) is 0.754. The van der Waals surface area contributed by atoms with Gasteiger partial charge in [-0.1, -0.05) is 145 Å². The number of methoxy groups -OCH3 is 2. The van der Waals surface area contributed by atoms with Crippen molar-refractivity contribution in [1.29, 1.82) is 0 Å². The molecule has 2 aromatic rings. The van der Waals surface area contributed by atoms with E-state index in [1.165, 1.54) is 0 Å². The molecule has 1 aliphatic rings. The van der Waals surface area contributed by atoms with E-state index in [0.29, 0.717) is 55.7 Å². The summed E-state index contributed by atoms with van der Waals surface area (Å²) in [5.74, 6) is 1.05. The van der Waals surface area contributed by atoms with Crippen molar-refractivity contribution in [1.82, 2.24) is 0 Å². The van der Waals surface area contributed by atoms with Gasteiger partial charge in [0.1, 0.15) is 31.5 Å². The summed E-state index contributed by atoms with van der Waals surface area (Å²) in [6, 6.07) is 23.3. The molecule has 1 heterocycles. The lowest BCUT2D eigenvalue weighted by molar-refractivity contribution is -0.289. The maximum Gasteiger partial charge on any atom is 0.264 e. The largest absolute Gasteiger partial charge is 0.497 e. The van der Waals surface area contributed by atoms with E-state index in [4.69, 9.17) is 50.6 Å². The second kappa shape index (κ2) is 32.9. The first kappa shape index (κ1) is 66.5. The summed E-state index contributed by atoms with van der Waals surface area (Å²) in [6.45, 7) is 33.0. The second-order valence-corrected chi connectivity index (χ2v) is 38.2.